The Hall–Kier alpha value is -1.75. The number of terminal acetylenes is 1. The zero-order chi connectivity index (χ0) is 11.1. The molecule has 1 aromatic carbocycles. The Balaban J connectivity index is 2.55. The summed E-state index contributed by atoms with van der Waals surface area (Å²) in [5.41, 5.74) is 1.78. The quantitative estimate of drug-likeness (QED) is 0.426. The zero-order valence-electron chi connectivity index (χ0n) is 8.82. The largest absolute Gasteiger partial charge is 0.461 e. The molecule has 78 valence electrons. The second-order valence-corrected chi connectivity index (χ2v) is 3.14. The Morgan fingerprint density at radius 1 is 1.40 bits per heavy atom. The van der Waals surface area contributed by atoms with E-state index in [9.17, 15) is 4.79 Å². The van der Waals surface area contributed by atoms with Gasteiger partial charge in [0.15, 0.2) is 0 Å². The van der Waals surface area contributed by atoms with Crippen LogP contribution in [-0.4, -0.2) is 12.6 Å². The first kappa shape index (κ1) is 11.3. The molecule has 2 heteroatoms. The summed E-state index contributed by atoms with van der Waals surface area (Å²) in [5, 5.41) is 0. The molecule has 0 amide bonds. The van der Waals surface area contributed by atoms with Gasteiger partial charge >= 0.3 is 5.97 Å². The van der Waals surface area contributed by atoms with Gasteiger partial charge in [0.25, 0.3) is 0 Å². The third-order valence-electron chi connectivity index (χ3n) is 2.08. The first-order valence-electron chi connectivity index (χ1n) is 4.97. The smallest absolute Gasteiger partial charge is 0.338 e. The molecular weight excluding hydrogens is 188 g/mol. The molecule has 0 aliphatic carbocycles. The predicted molar refractivity (Wildman–Crippen MR) is 59.6 cm³/mol. The molecule has 0 aliphatic rings. The van der Waals surface area contributed by atoms with Gasteiger partial charge < -0.3 is 4.74 Å². The van der Waals surface area contributed by atoms with Crippen LogP contribution < -0.4 is 0 Å². The summed E-state index contributed by atoms with van der Waals surface area (Å²) in [4.78, 5) is 11.4. The van der Waals surface area contributed by atoms with Gasteiger partial charge in [-0.2, -0.15) is 0 Å². The van der Waals surface area contributed by atoms with Crippen LogP contribution >= 0.6 is 0 Å². The molecular formula is C13H14O2. The van der Waals surface area contributed by atoms with Crippen molar-refractivity contribution < 1.29 is 9.53 Å². The minimum atomic E-state index is -0.312. The van der Waals surface area contributed by atoms with Gasteiger partial charge in [-0.25, -0.2) is 4.79 Å². The molecule has 0 aliphatic heterocycles. The minimum absolute atomic E-state index is 0.283. The van der Waals surface area contributed by atoms with E-state index >= 15 is 0 Å². The maximum absolute atomic E-state index is 11.4. The number of carbonyl (C=O) groups excluding carboxylic acids is 1. The van der Waals surface area contributed by atoms with Gasteiger partial charge in [0, 0.05) is 6.42 Å². The predicted octanol–water partition coefficient (Wildman–Crippen LogP) is 2.43. The Morgan fingerprint density at radius 3 is 2.60 bits per heavy atom. The molecule has 0 unspecified atom stereocenters. The summed E-state index contributed by atoms with van der Waals surface area (Å²) >= 11 is 0. The molecule has 0 saturated carbocycles. The fourth-order valence-corrected chi connectivity index (χ4v) is 1.16. The lowest BCUT2D eigenvalue weighted by molar-refractivity contribution is 0.0513. The number of benzene rings is 1. The highest BCUT2D eigenvalue weighted by Gasteiger charge is 2.05. The summed E-state index contributed by atoms with van der Waals surface area (Å²) < 4.78 is 4.96. The molecule has 2 nitrogen and oxygen atoms in total. The topological polar surface area (TPSA) is 26.3 Å². The maximum Gasteiger partial charge on any atom is 0.338 e. The van der Waals surface area contributed by atoms with Crippen molar-refractivity contribution in [2.75, 3.05) is 6.61 Å². The number of hydrogen-bond donors (Lipinski definition) is 0. The average Bonchev–Trinajstić information content (AvgIpc) is 2.29. The van der Waals surface area contributed by atoms with E-state index in [0.717, 1.165) is 6.42 Å². The van der Waals surface area contributed by atoms with Crippen LogP contribution in [0.25, 0.3) is 0 Å². The zero-order valence-corrected chi connectivity index (χ0v) is 8.82. The van der Waals surface area contributed by atoms with Crippen molar-refractivity contribution in [1.29, 1.82) is 0 Å². The molecule has 1 rings (SSSR count). The third kappa shape index (κ3) is 3.47. The fourth-order valence-electron chi connectivity index (χ4n) is 1.16. The maximum atomic E-state index is 11.4. The van der Waals surface area contributed by atoms with Crippen LogP contribution in [0.15, 0.2) is 24.3 Å². The first-order valence-corrected chi connectivity index (χ1v) is 4.97. The van der Waals surface area contributed by atoms with Gasteiger partial charge in [-0.3, -0.25) is 0 Å². The van der Waals surface area contributed by atoms with E-state index in [1.165, 1.54) is 5.56 Å². The molecule has 0 fully saturated rings. The van der Waals surface area contributed by atoms with Gasteiger partial charge in [-0.1, -0.05) is 19.1 Å². The van der Waals surface area contributed by atoms with E-state index in [2.05, 4.69) is 12.8 Å². The highest BCUT2D eigenvalue weighted by molar-refractivity contribution is 5.89. The molecule has 0 bridgehead atoms. The first-order chi connectivity index (χ1) is 7.27. The van der Waals surface area contributed by atoms with Crippen LogP contribution in [0.1, 0.15) is 29.3 Å². The summed E-state index contributed by atoms with van der Waals surface area (Å²) in [6.07, 6.45) is 6.47. The molecule has 0 heterocycles. The molecule has 0 spiro atoms. The Morgan fingerprint density at radius 2 is 2.07 bits per heavy atom. The number of rotatable bonds is 4. The molecule has 1 aromatic rings. The van der Waals surface area contributed by atoms with Crippen molar-refractivity contribution in [3.8, 4) is 12.3 Å². The van der Waals surface area contributed by atoms with Gasteiger partial charge in [-0.05, 0) is 24.1 Å². The van der Waals surface area contributed by atoms with Crippen LogP contribution in [0.3, 0.4) is 0 Å². The Kier molecular flexibility index (Phi) is 4.43. The number of hydrogen-bond acceptors (Lipinski definition) is 2. The van der Waals surface area contributed by atoms with E-state index in [1.54, 1.807) is 12.1 Å². The lowest BCUT2D eigenvalue weighted by atomic mass is 10.1. The van der Waals surface area contributed by atoms with Crippen molar-refractivity contribution in [1.82, 2.24) is 0 Å². The summed E-state index contributed by atoms with van der Waals surface area (Å²) in [7, 11) is 0. The second kappa shape index (κ2) is 5.87. The van der Waals surface area contributed by atoms with E-state index in [0.29, 0.717) is 12.0 Å². The highest BCUT2D eigenvalue weighted by atomic mass is 16.5. The van der Waals surface area contributed by atoms with Crippen molar-refractivity contribution in [3.05, 3.63) is 35.4 Å². The van der Waals surface area contributed by atoms with Crippen molar-refractivity contribution in [3.63, 3.8) is 0 Å². The lowest BCUT2D eigenvalue weighted by Crippen LogP contribution is -2.05. The van der Waals surface area contributed by atoms with E-state index in [4.69, 9.17) is 11.2 Å². The normalized spacial score (nSPS) is 9.33. The number of carbonyl (C=O) groups is 1. The van der Waals surface area contributed by atoms with Crippen molar-refractivity contribution in [2.45, 2.75) is 19.8 Å². The minimum Gasteiger partial charge on any atom is -0.461 e. The second-order valence-electron chi connectivity index (χ2n) is 3.14. The van der Waals surface area contributed by atoms with Gasteiger partial charge in [-0.15, -0.1) is 12.3 Å². The monoisotopic (exact) mass is 202 g/mol. The van der Waals surface area contributed by atoms with E-state index < -0.39 is 0 Å². The lowest BCUT2D eigenvalue weighted by Gasteiger charge is -2.03. The van der Waals surface area contributed by atoms with Gasteiger partial charge in [0.05, 0.1) is 5.56 Å². The summed E-state index contributed by atoms with van der Waals surface area (Å²) in [5.74, 6) is 2.10. The van der Waals surface area contributed by atoms with E-state index in [-0.39, 0.29) is 12.6 Å². The van der Waals surface area contributed by atoms with Crippen LogP contribution in [0.4, 0.5) is 0 Å². The van der Waals surface area contributed by atoms with Crippen LogP contribution in [-0.2, 0) is 11.2 Å². The van der Waals surface area contributed by atoms with Crippen molar-refractivity contribution in [2.24, 2.45) is 0 Å². The summed E-state index contributed by atoms with van der Waals surface area (Å²) in [6, 6.07) is 7.41. The van der Waals surface area contributed by atoms with Gasteiger partial charge in [0.2, 0.25) is 0 Å². The Bertz CT molecular complexity index is 357. The fraction of sp³-hybridized carbons (Fsp3) is 0.308. The number of aryl methyl sites for hydroxylation is 1. The molecule has 0 aromatic heterocycles. The molecule has 0 N–H and O–H groups in total. The summed E-state index contributed by atoms with van der Waals surface area (Å²) in [6.45, 7) is 2.35. The van der Waals surface area contributed by atoms with Gasteiger partial charge in [0.1, 0.15) is 6.61 Å². The van der Waals surface area contributed by atoms with Crippen molar-refractivity contribution >= 4 is 5.97 Å². The molecule has 0 radical (unpaired) electrons. The number of esters is 1. The average molecular weight is 202 g/mol. The SMILES string of the molecule is C#CCCOC(=O)c1ccc(CC)cc1. The third-order valence-corrected chi connectivity index (χ3v) is 2.08. The highest BCUT2D eigenvalue weighted by Crippen LogP contribution is 2.06. The molecule has 15 heavy (non-hydrogen) atoms. The van der Waals surface area contributed by atoms with Crippen LogP contribution in [0, 0.1) is 12.3 Å². The Labute approximate surface area is 90.3 Å². The van der Waals surface area contributed by atoms with E-state index in [1.807, 2.05) is 12.1 Å². The molecule has 0 atom stereocenters. The van der Waals surface area contributed by atoms with Crippen LogP contribution in [0.2, 0.25) is 0 Å². The van der Waals surface area contributed by atoms with Crippen LogP contribution in [0.5, 0.6) is 0 Å². The number of ether oxygens (including phenoxy) is 1. The standard InChI is InChI=1S/C13H14O2/c1-3-5-10-15-13(14)12-8-6-11(4-2)7-9-12/h1,6-9H,4-5,10H2,2H3. The molecule has 0 saturated heterocycles.